The van der Waals surface area contributed by atoms with Gasteiger partial charge in [0, 0.05) is 20.0 Å². The second kappa shape index (κ2) is 7.27. The normalized spacial score (nSPS) is 24.3. The Kier molecular flexibility index (Phi) is 5.97. The first-order valence-electron chi connectivity index (χ1n) is 6.29. The lowest BCUT2D eigenvalue weighted by Gasteiger charge is -2.28. The molecule has 0 aromatic rings. The van der Waals surface area contributed by atoms with Crippen molar-refractivity contribution in [3.8, 4) is 0 Å². The van der Waals surface area contributed by atoms with Gasteiger partial charge in [-0.2, -0.15) is 0 Å². The predicted molar refractivity (Wildman–Crippen MR) is 64.6 cm³/mol. The minimum atomic E-state index is -0.668. The fraction of sp³-hybridized carbons (Fsp3) is 0.833. The average molecular weight is 242 g/mol. The summed E-state index contributed by atoms with van der Waals surface area (Å²) in [5.41, 5.74) is 0. The summed E-state index contributed by atoms with van der Waals surface area (Å²) in [7, 11) is 0. The van der Waals surface area contributed by atoms with E-state index in [0.29, 0.717) is 13.1 Å². The molecule has 1 aliphatic carbocycles. The zero-order valence-electron chi connectivity index (χ0n) is 10.4. The lowest BCUT2D eigenvalue weighted by molar-refractivity contribution is -0.144. The van der Waals surface area contributed by atoms with Gasteiger partial charge in [-0.05, 0) is 25.3 Å². The van der Waals surface area contributed by atoms with E-state index in [0.717, 1.165) is 32.2 Å². The van der Waals surface area contributed by atoms with Gasteiger partial charge < -0.3 is 15.7 Å². The highest BCUT2D eigenvalue weighted by Crippen LogP contribution is 2.29. The Labute approximate surface area is 102 Å². The Morgan fingerprint density at radius 3 is 2.59 bits per heavy atom. The third-order valence-electron chi connectivity index (χ3n) is 3.31. The van der Waals surface area contributed by atoms with Crippen molar-refractivity contribution in [3.05, 3.63) is 0 Å². The van der Waals surface area contributed by atoms with E-state index in [2.05, 4.69) is 10.6 Å². The highest BCUT2D eigenvalue weighted by Gasteiger charge is 2.30. The first-order chi connectivity index (χ1) is 8.11. The number of aliphatic carboxylic acids is 1. The second-order valence-electron chi connectivity index (χ2n) is 4.68. The molecule has 0 bridgehead atoms. The van der Waals surface area contributed by atoms with Crippen LogP contribution < -0.4 is 10.6 Å². The number of hydrogen-bond acceptors (Lipinski definition) is 3. The second-order valence-corrected chi connectivity index (χ2v) is 4.68. The molecule has 0 radical (unpaired) electrons. The lowest BCUT2D eigenvalue weighted by Crippen LogP contribution is -2.37. The molecule has 2 unspecified atom stereocenters. The molecule has 2 atom stereocenters. The van der Waals surface area contributed by atoms with Crippen LogP contribution in [0.2, 0.25) is 0 Å². The van der Waals surface area contributed by atoms with E-state index in [-0.39, 0.29) is 17.7 Å². The molecule has 0 saturated heterocycles. The highest BCUT2D eigenvalue weighted by atomic mass is 16.4. The van der Waals surface area contributed by atoms with Gasteiger partial charge in [0.2, 0.25) is 5.91 Å². The Balaban J connectivity index is 2.19. The van der Waals surface area contributed by atoms with Crippen molar-refractivity contribution in [3.63, 3.8) is 0 Å². The maximum atomic E-state index is 11.1. The van der Waals surface area contributed by atoms with Crippen molar-refractivity contribution in [1.82, 2.24) is 10.6 Å². The number of carbonyl (C=O) groups is 2. The minimum Gasteiger partial charge on any atom is -0.481 e. The van der Waals surface area contributed by atoms with Crippen LogP contribution in [0.5, 0.6) is 0 Å². The Bertz CT molecular complexity index is 268. The van der Waals surface area contributed by atoms with Crippen LogP contribution in [0, 0.1) is 11.8 Å². The van der Waals surface area contributed by atoms with Gasteiger partial charge in [-0.1, -0.05) is 12.8 Å². The summed E-state index contributed by atoms with van der Waals surface area (Å²) < 4.78 is 0. The molecule has 3 N–H and O–H groups in total. The Morgan fingerprint density at radius 2 is 1.94 bits per heavy atom. The van der Waals surface area contributed by atoms with Gasteiger partial charge in [0.1, 0.15) is 0 Å². The minimum absolute atomic E-state index is 0.0344. The molecule has 98 valence electrons. The van der Waals surface area contributed by atoms with Crippen LogP contribution >= 0.6 is 0 Å². The zero-order chi connectivity index (χ0) is 12.7. The molecule has 5 nitrogen and oxygen atoms in total. The van der Waals surface area contributed by atoms with Crippen LogP contribution in [0.1, 0.15) is 32.6 Å². The number of carbonyl (C=O) groups excluding carboxylic acids is 1. The fourth-order valence-electron chi connectivity index (χ4n) is 2.39. The van der Waals surface area contributed by atoms with Crippen LogP contribution in [0.4, 0.5) is 0 Å². The number of nitrogens with one attached hydrogen (secondary N) is 2. The summed E-state index contributed by atoms with van der Waals surface area (Å²) in [5, 5.41) is 15.0. The largest absolute Gasteiger partial charge is 0.481 e. The van der Waals surface area contributed by atoms with E-state index in [4.69, 9.17) is 5.11 Å². The van der Waals surface area contributed by atoms with Crippen molar-refractivity contribution < 1.29 is 14.7 Å². The van der Waals surface area contributed by atoms with Gasteiger partial charge in [-0.15, -0.1) is 0 Å². The van der Waals surface area contributed by atoms with Crippen molar-refractivity contribution in [2.24, 2.45) is 11.8 Å². The van der Waals surface area contributed by atoms with Crippen LogP contribution in [0.25, 0.3) is 0 Å². The van der Waals surface area contributed by atoms with Gasteiger partial charge in [-0.25, -0.2) is 0 Å². The van der Waals surface area contributed by atoms with Crippen LogP contribution in [-0.2, 0) is 9.59 Å². The summed E-state index contributed by atoms with van der Waals surface area (Å²) in [6.07, 6.45) is 3.94. The molecule has 0 aromatic carbocycles. The molecule has 1 aliphatic rings. The lowest BCUT2D eigenvalue weighted by atomic mass is 9.79. The van der Waals surface area contributed by atoms with E-state index < -0.39 is 5.97 Å². The monoisotopic (exact) mass is 242 g/mol. The quantitative estimate of drug-likeness (QED) is 0.596. The number of carboxylic acids is 1. The Hall–Kier alpha value is -1.10. The maximum Gasteiger partial charge on any atom is 0.306 e. The first-order valence-corrected chi connectivity index (χ1v) is 6.29. The Morgan fingerprint density at radius 1 is 1.24 bits per heavy atom. The fourth-order valence-corrected chi connectivity index (χ4v) is 2.39. The molecular weight excluding hydrogens is 220 g/mol. The molecule has 1 rings (SSSR count). The van der Waals surface area contributed by atoms with Crippen LogP contribution in [-0.4, -0.2) is 36.6 Å². The van der Waals surface area contributed by atoms with Crippen molar-refractivity contribution in [2.45, 2.75) is 32.6 Å². The van der Waals surface area contributed by atoms with Crippen molar-refractivity contribution in [2.75, 3.05) is 19.6 Å². The third-order valence-corrected chi connectivity index (χ3v) is 3.31. The standard InChI is InChI=1S/C12H22N2O3/c1-9(15)14-7-6-13-8-10-4-2-3-5-11(10)12(16)17/h10-11,13H,2-8H2,1H3,(H,14,15)(H,16,17). The smallest absolute Gasteiger partial charge is 0.306 e. The number of rotatable bonds is 6. The highest BCUT2D eigenvalue weighted by molar-refractivity contribution is 5.72. The summed E-state index contributed by atoms with van der Waals surface area (Å²) >= 11 is 0. The van der Waals surface area contributed by atoms with Crippen LogP contribution in [0.3, 0.4) is 0 Å². The molecule has 0 heterocycles. The van der Waals surface area contributed by atoms with Crippen LogP contribution in [0.15, 0.2) is 0 Å². The van der Waals surface area contributed by atoms with Gasteiger partial charge in [0.25, 0.3) is 0 Å². The molecule has 0 aromatic heterocycles. The molecular formula is C12H22N2O3. The summed E-state index contributed by atoms with van der Waals surface area (Å²) in [6.45, 7) is 3.51. The van der Waals surface area contributed by atoms with Gasteiger partial charge in [0.15, 0.2) is 0 Å². The van der Waals surface area contributed by atoms with Gasteiger partial charge in [-0.3, -0.25) is 9.59 Å². The van der Waals surface area contributed by atoms with E-state index in [9.17, 15) is 9.59 Å². The topological polar surface area (TPSA) is 78.4 Å². The first kappa shape index (κ1) is 14.0. The van der Waals surface area contributed by atoms with E-state index in [1.165, 1.54) is 6.92 Å². The number of hydrogen-bond donors (Lipinski definition) is 3. The molecule has 1 amide bonds. The van der Waals surface area contributed by atoms with E-state index >= 15 is 0 Å². The molecule has 0 spiro atoms. The summed E-state index contributed by atoms with van der Waals surface area (Å²) in [5.74, 6) is -0.665. The number of amides is 1. The van der Waals surface area contributed by atoms with E-state index in [1.54, 1.807) is 0 Å². The molecule has 1 saturated carbocycles. The molecule has 1 fully saturated rings. The molecule has 5 heteroatoms. The summed E-state index contributed by atoms with van der Waals surface area (Å²) in [6, 6.07) is 0. The average Bonchev–Trinajstić information content (AvgIpc) is 2.28. The summed E-state index contributed by atoms with van der Waals surface area (Å²) in [4.78, 5) is 21.7. The predicted octanol–water partition coefficient (Wildman–Crippen LogP) is 0.603. The van der Waals surface area contributed by atoms with Crippen molar-refractivity contribution in [1.29, 1.82) is 0 Å². The molecule has 17 heavy (non-hydrogen) atoms. The van der Waals surface area contributed by atoms with E-state index in [1.807, 2.05) is 0 Å². The SMILES string of the molecule is CC(=O)NCCNCC1CCCCC1C(=O)O. The molecule has 0 aliphatic heterocycles. The maximum absolute atomic E-state index is 11.1. The van der Waals surface area contributed by atoms with Gasteiger partial charge >= 0.3 is 5.97 Å². The zero-order valence-corrected chi connectivity index (χ0v) is 10.4. The third kappa shape index (κ3) is 5.17. The number of carboxylic acid groups (broad SMARTS) is 1. The van der Waals surface area contributed by atoms with Crippen molar-refractivity contribution >= 4 is 11.9 Å². The van der Waals surface area contributed by atoms with Gasteiger partial charge in [0.05, 0.1) is 5.92 Å².